The van der Waals surface area contributed by atoms with Gasteiger partial charge in [0.05, 0.1) is 5.52 Å². The predicted molar refractivity (Wildman–Crippen MR) is 123 cm³/mol. The molecule has 1 N–H and O–H groups in total. The van der Waals surface area contributed by atoms with Crippen LogP contribution >= 0.6 is 37.2 Å². The Bertz CT molecular complexity index is 833. The van der Waals surface area contributed by atoms with Crippen LogP contribution in [0.4, 0.5) is 5.69 Å². The van der Waals surface area contributed by atoms with E-state index >= 15 is 0 Å². The molecule has 3 nitrogen and oxygen atoms in total. The van der Waals surface area contributed by atoms with E-state index in [1.165, 1.54) is 35.0 Å². The van der Waals surface area contributed by atoms with Crippen LogP contribution in [0.25, 0.3) is 22.0 Å². The molecule has 0 bridgehead atoms. The van der Waals surface area contributed by atoms with Gasteiger partial charge in [0.15, 0.2) is 0 Å². The van der Waals surface area contributed by atoms with Crippen LogP contribution in [0.3, 0.4) is 0 Å². The molecule has 1 aliphatic rings. The number of rotatable bonds is 3. The number of aromatic nitrogens is 1. The highest BCUT2D eigenvalue weighted by Gasteiger charge is 2.17. The SMILES string of the molecule is CN(c1ccc(-c2cnc3ccccc3c2)cc1)C1CCNCC1.Cl.Cl.Cl. The third-order valence-electron chi connectivity index (χ3n) is 5.05. The largest absolute Gasteiger partial charge is 0.372 e. The van der Waals surface area contributed by atoms with Gasteiger partial charge in [-0.2, -0.15) is 0 Å². The first-order valence-electron chi connectivity index (χ1n) is 8.70. The van der Waals surface area contributed by atoms with E-state index in [1.807, 2.05) is 12.3 Å². The smallest absolute Gasteiger partial charge is 0.0702 e. The summed E-state index contributed by atoms with van der Waals surface area (Å²) in [6, 6.07) is 20.0. The summed E-state index contributed by atoms with van der Waals surface area (Å²) < 4.78 is 0. The number of nitrogens with one attached hydrogen (secondary N) is 1. The van der Waals surface area contributed by atoms with Gasteiger partial charge in [0.1, 0.15) is 0 Å². The molecule has 0 aliphatic carbocycles. The molecule has 146 valence electrons. The van der Waals surface area contributed by atoms with Crippen molar-refractivity contribution in [2.45, 2.75) is 18.9 Å². The number of fused-ring (bicyclic) bond motifs is 1. The standard InChI is InChI=1S/C21H23N3.3ClH/c1-24(20-10-12-22-13-11-20)19-8-6-16(7-9-19)18-14-17-4-2-3-5-21(17)23-15-18;;;/h2-9,14-15,20,22H,10-13H2,1H3;3*1H. The Kier molecular flexibility index (Phi) is 9.34. The molecule has 1 fully saturated rings. The number of piperidine rings is 1. The molecule has 2 heterocycles. The van der Waals surface area contributed by atoms with Crippen molar-refractivity contribution in [1.29, 1.82) is 0 Å². The Labute approximate surface area is 179 Å². The van der Waals surface area contributed by atoms with Crippen molar-refractivity contribution in [1.82, 2.24) is 10.3 Å². The zero-order chi connectivity index (χ0) is 16.4. The lowest BCUT2D eigenvalue weighted by Gasteiger charge is -2.33. The summed E-state index contributed by atoms with van der Waals surface area (Å²) in [5.41, 5.74) is 4.73. The van der Waals surface area contributed by atoms with Crippen molar-refractivity contribution >= 4 is 53.8 Å². The molecule has 0 amide bonds. The van der Waals surface area contributed by atoms with E-state index in [-0.39, 0.29) is 37.2 Å². The third kappa shape index (κ3) is 5.26. The second-order valence-corrected chi connectivity index (χ2v) is 6.56. The van der Waals surface area contributed by atoms with Crippen LogP contribution in [-0.2, 0) is 0 Å². The fraction of sp³-hybridized carbons (Fsp3) is 0.286. The highest BCUT2D eigenvalue weighted by atomic mass is 35.5. The summed E-state index contributed by atoms with van der Waals surface area (Å²) in [5.74, 6) is 0. The molecule has 6 heteroatoms. The predicted octanol–water partition coefficient (Wildman–Crippen LogP) is 5.36. The van der Waals surface area contributed by atoms with E-state index in [2.05, 4.69) is 70.8 Å². The molecule has 0 spiro atoms. The molecule has 27 heavy (non-hydrogen) atoms. The van der Waals surface area contributed by atoms with Gasteiger partial charge in [-0.05, 0) is 55.8 Å². The molecule has 1 aliphatic heterocycles. The minimum Gasteiger partial charge on any atom is -0.372 e. The monoisotopic (exact) mass is 425 g/mol. The summed E-state index contributed by atoms with van der Waals surface area (Å²) >= 11 is 0. The van der Waals surface area contributed by atoms with Gasteiger partial charge in [0.2, 0.25) is 0 Å². The molecule has 2 aromatic carbocycles. The van der Waals surface area contributed by atoms with Gasteiger partial charge < -0.3 is 10.2 Å². The van der Waals surface area contributed by atoms with Gasteiger partial charge in [-0.25, -0.2) is 0 Å². The molecule has 4 rings (SSSR count). The van der Waals surface area contributed by atoms with E-state index < -0.39 is 0 Å². The normalized spacial score (nSPS) is 13.8. The fourth-order valence-corrected chi connectivity index (χ4v) is 3.52. The van der Waals surface area contributed by atoms with Crippen molar-refractivity contribution in [3.63, 3.8) is 0 Å². The summed E-state index contributed by atoms with van der Waals surface area (Å²) in [7, 11) is 2.21. The molecule has 1 aromatic heterocycles. The molecule has 0 atom stereocenters. The first kappa shape index (κ1) is 23.5. The molecular weight excluding hydrogens is 401 g/mol. The van der Waals surface area contributed by atoms with E-state index in [0.29, 0.717) is 6.04 Å². The van der Waals surface area contributed by atoms with Crippen LogP contribution < -0.4 is 10.2 Å². The van der Waals surface area contributed by atoms with Crippen LogP contribution in [0.15, 0.2) is 60.8 Å². The second-order valence-electron chi connectivity index (χ2n) is 6.56. The van der Waals surface area contributed by atoms with Gasteiger partial charge in [-0.3, -0.25) is 4.98 Å². The number of halogens is 3. The fourth-order valence-electron chi connectivity index (χ4n) is 3.52. The first-order valence-corrected chi connectivity index (χ1v) is 8.70. The molecule has 1 saturated heterocycles. The Morgan fingerprint density at radius 3 is 2.26 bits per heavy atom. The summed E-state index contributed by atoms with van der Waals surface area (Å²) in [5, 5.41) is 4.62. The Morgan fingerprint density at radius 1 is 0.889 bits per heavy atom. The summed E-state index contributed by atoms with van der Waals surface area (Å²) in [4.78, 5) is 6.99. The van der Waals surface area contributed by atoms with Crippen molar-refractivity contribution in [2.24, 2.45) is 0 Å². The van der Waals surface area contributed by atoms with E-state index in [4.69, 9.17) is 0 Å². The molecule has 3 aromatic rings. The molecular formula is C21H26Cl3N3. The lowest BCUT2D eigenvalue weighted by Crippen LogP contribution is -2.41. The number of nitrogens with zero attached hydrogens (tertiary/aromatic N) is 2. The maximum absolute atomic E-state index is 4.57. The third-order valence-corrected chi connectivity index (χ3v) is 5.05. The van der Waals surface area contributed by atoms with Crippen LogP contribution in [0.5, 0.6) is 0 Å². The van der Waals surface area contributed by atoms with Crippen molar-refractivity contribution in [3.8, 4) is 11.1 Å². The lowest BCUT2D eigenvalue weighted by molar-refractivity contribution is 0.443. The van der Waals surface area contributed by atoms with Crippen molar-refractivity contribution in [2.75, 3.05) is 25.0 Å². The Balaban J connectivity index is 0.00000121. The molecule has 0 unspecified atom stereocenters. The van der Waals surface area contributed by atoms with Crippen LogP contribution in [0, 0.1) is 0 Å². The molecule has 0 radical (unpaired) electrons. The number of para-hydroxylation sites is 1. The Morgan fingerprint density at radius 2 is 1.56 bits per heavy atom. The zero-order valence-corrected chi connectivity index (χ0v) is 17.7. The number of hydrogen-bond donors (Lipinski definition) is 1. The quantitative estimate of drug-likeness (QED) is 0.611. The summed E-state index contributed by atoms with van der Waals surface area (Å²) in [6.07, 6.45) is 4.40. The second kappa shape index (κ2) is 10.7. The van der Waals surface area contributed by atoms with E-state index in [1.54, 1.807) is 0 Å². The number of anilines is 1. The van der Waals surface area contributed by atoms with Gasteiger partial charge in [0.25, 0.3) is 0 Å². The van der Waals surface area contributed by atoms with Gasteiger partial charge in [-0.15, -0.1) is 37.2 Å². The van der Waals surface area contributed by atoms with Crippen LogP contribution in [0.1, 0.15) is 12.8 Å². The lowest BCUT2D eigenvalue weighted by atomic mass is 10.0. The number of benzene rings is 2. The van der Waals surface area contributed by atoms with Gasteiger partial charge in [-0.1, -0.05) is 30.3 Å². The first-order chi connectivity index (χ1) is 11.8. The summed E-state index contributed by atoms with van der Waals surface area (Å²) in [6.45, 7) is 2.24. The average molecular weight is 427 g/mol. The maximum atomic E-state index is 4.57. The number of hydrogen-bond acceptors (Lipinski definition) is 3. The minimum absolute atomic E-state index is 0. The molecule has 0 saturated carbocycles. The van der Waals surface area contributed by atoms with Crippen LogP contribution in [-0.4, -0.2) is 31.2 Å². The number of pyridine rings is 1. The maximum Gasteiger partial charge on any atom is 0.0702 e. The van der Waals surface area contributed by atoms with Crippen LogP contribution in [0.2, 0.25) is 0 Å². The highest BCUT2D eigenvalue weighted by Crippen LogP contribution is 2.26. The van der Waals surface area contributed by atoms with Crippen molar-refractivity contribution in [3.05, 3.63) is 60.8 Å². The van der Waals surface area contributed by atoms with Gasteiger partial charge in [0, 0.05) is 35.9 Å². The van der Waals surface area contributed by atoms with Gasteiger partial charge >= 0.3 is 0 Å². The zero-order valence-electron chi connectivity index (χ0n) is 15.3. The van der Waals surface area contributed by atoms with Crippen molar-refractivity contribution < 1.29 is 0 Å². The highest BCUT2D eigenvalue weighted by molar-refractivity contribution is 5.86. The Hall–Kier alpha value is -1.52. The van der Waals surface area contributed by atoms with E-state index in [0.717, 1.165) is 18.6 Å². The average Bonchev–Trinajstić information content (AvgIpc) is 2.68. The topological polar surface area (TPSA) is 28.2 Å². The van der Waals surface area contributed by atoms with E-state index in [9.17, 15) is 0 Å². The minimum atomic E-state index is 0.